The van der Waals surface area contributed by atoms with E-state index in [0.717, 1.165) is 0 Å². The van der Waals surface area contributed by atoms with Crippen LogP contribution in [0.1, 0.15) is 5.56 Å². The van der Waals surface area contributed by atoms with Crippen molar-refractivity contribution in [3.63, 3.8) is 0 Å². The number of aromatic nitrogens is 1. The molecular formula is C12H8BrCl3N2O2S. The Morgan fingerprint density at radius 1 is 1.19 bits per heavy atom. The molecule has 112 valence electrons. The van der Waals surface area contributed by atoms with Crippen molar-refractivity contribution in [2.75, 3.05) is 0 Å². The van der Waals surface area contributed by atoms with Gasteiger partial charge in [0.25, 0.3) is 0 Å². The summed E-state index contributed by atoms with van der Waals surface area (Å²) in [6.07, 6.45) is 1.18. The van der Waals surface area contributed by atoms with Crippen molar-refractivity contribution in [3.05, 3.63) is 55.7 Å². The molecule has 0 saturated heterocycles. The molecule has 9 heteroatoms. The highest BCUT2D eigenvalue weighted by molar-refractivity contribution is 9.10. The molecule has 0 bridgehead atoms. The minimum absolute atomic E-state index is 0.00357. The highest BCUT2D eigenvalue weighted by Crippen LogP contribution is 2.24. The standard InChI is InChI=1S/C12H8BrCl3N2O2S/c13-10-4-9(6-17-12(10)16)21(19,20)18-5-7-1-2-8(14)3-11(7)15/h1-4,6,18H,5H2. The Hall–Kier alpha value is -0.370. The predicted octanol–water partition coefficient (Wildman–Crippen LogP) is 4.28. The van der Waals surface area contributed by atoms with Crippen LogP contribution in [-0.2, 0) is 16.6 Å². The van der Waals surface area contributed by atoms with E-state index >= 15 is 0 Å². The molecule has 0 spiro atoms. The molecule has 0 radical (unpaired) electrons. The summed E-state index contributed by atoms with van der Waals surface area (Å²) in [5.41, 5.74) is 0.616. The first kappa shape index (κ1) is 17.0. The monoisotopic (exact) mass is 428 g/mol. The van der Waals surface area contributed by atoms with Crippen LogP contribution in [0.3, 0.4) is 0 Å². The van der Waals surface area contributed by atoms with Gasteiger partial charge in [-0.1, -0.05) is 40.9 Å². The lowest BCUT2D eigenvalue weighted by atomic mass is 10.2. The van der Waals surface area contributed by atoms with Crippen molar-refractivity contribution in [2.45, 2.75) is 11.4 Å². The van der Waals surface area contributed by atoms with E-state index in [9.17, 15) is 8.42 Å². The van der Waals surface area contributed by atoms with E-state index in [1.807, 2.05) is 0 Å². The van der Waals surface area contributed by atoms with Gasteiger partial charge < -0.3 is 0 Å². The Morgan fingerprint density at radius 2 is 1.90 bits per heavy atom. The summed E-state index contributed by atoms with van der Waals surface area (Å²) in [5.74, 6) is 0. The SMILES string of the molecule is O=S(=O)(NCc1ccc(Cl)cc1Cl)c1cnc(Cl)c(Br)c1. The normalized spacial score (nSPS) is 11.6. The topological polar surface area (TPSA) is 59.1 Å². The van der Waals surface area contributed by atoms with Gasteiger partial charge in [-0.25, -0.2) is 18.1 Å². The van der Waals surface area contributed by atoms with Crippen LogP contribution in [0, 0.1) is 0 Å². The third-order valence-corrected chi connectivity index (χ3v) is 5.64. The number of sulfonamides is 1. The highest BCUT2D eigenvalue weighted by Gasteiger charge is 2.16. The summed E-state index contributed by atoms with van der Waals surface area (Å²) >= 11 is 20.6. The van der Waals surface area contributed by atoms with E-state index in [0.29, 0.717) is 20.1 Å². The lowest BCUT2D eigenvalue weighted by molar-refractivity contribution is 0.581. The Labute approximate surface area is 145 Å². The molecule has 2 rings (SSSR count). The molecule has 0 fully saturated rings. The van der Waals surface area contributed by atoms with E-state index in [4.69, 9.17) is 34.8 Å². The molecule has 0 aliphatic carbocycles. The smallest absolute Gasteiger partial charge is 0.242 e. The highest BCUT2D eigenvalue weighted by atomic mass is 79.9. The lowest BCUT2D eigenvalue weighted by Gasteiger charge is -2.09. The van der Waals surface area contributed by atoms with E-state index in [1.54, 1.807) is 18.2 Å². The second kappa shape index (κ2) is 6.81. The van der Waals surface area contributed by atoms with Gasteiger partial charge in [0.05, 0.1) is 4.47 Å². The number of pyridine rings is 1. The zero-order valence-corrected chi connectivity index (χ0v) is 14.9. The molecule has 1 aromatic carbocycles. The molecule has 0 atom stereocenters. The van der Waals surface area contributed by atoms with Crippen LogP contribution < -0.4 is 4.72 Å². The van der Waals surface area contributed by atoms with Crippen molar-refractivity contribution >= 4 is 60.8 Å². The number of rotatable bonds is 4. The maximum Gasteiger partial charge on any atom is 0.242 e. The van der Waals surface area contributed by atoms with Crippen LogP contribution in [0.15, 0.2) is 39.8 Å². The van der Waals surface area contributed by atoms with Gasteiger partial charge in [-0.05, 0) is 39.7 Å². The van der Waals surface area contributed by atoms with Gasteiger partial charge in [-0.2, -0.15) is 0 Å². The van der Waals surface area contributed by atoms with E-state index in [-0.39, 0.29) is 16.6 Å². The Morgan fingerprint density at radius 3 is 2.52 bits per heavy atom. The number of halogens is 4. The molecule has 0 amide bonds. The fourth-order valence-corrected chi connectivity index (χ4v) is 3.53. The Bertz CT molecular complexity index is 784. The maximum absolute atomic E-state index is 12.2. The van der Waals surface area contributed by atoms with E-state index in [2.05, 4.69) is 25.6 Å². The molecule has 1 heterocycles. The van der Waals surface area contributed by atoms with Crippen molar-refractivity contribution in [1.29, 1.82) is 0 Å². The van der Waals surface area contributed by atoms with Crippen molar-refractivity contribution in [1.82, 2.24) is 9.71 Å². The maximum atomic E-state index is 12.2. The van der Waals surface area contributed by atoms with Gasteiger partial charge in [-0.15, -0.1) is 0 Å². The molecule has 21 heavy (non-hydrogen) atoms. The Balaban J connectivity index is 2.19. The van der Waals surface area contributed by atoms with Gasteiger partial charge in [0, 0.05) is 22.8 Å². The van der Waals surface area contributed by atoms with Gasteiger partial charge >= 0.3 is 0 Å². The third-order valence-electron chi connectivity index (χ3n) is 2.55. The fraction of sp³-hybridized carbons (Fsp3) is 0.0833. The first-order valence-corrected chi connectivity index (χ1v) is 8.95. The average molecular weight is 431 g/mol. The molecule has 4 nitrogen and oxygen atoms in total. The van der Waals surface area contributed by atoms with Gasteiger partial charge in [-0.3, -0.25) is 0 Å². The van der Waals surface area contributed by atoms with E-state index < -0.39 is 10.0 Å². The third kappa shape index (κ3) is 4.31. The van der Waals surface area contributed by atoms with Crippen molar-refractivity contribution in [2.24, 2.45) is 0 Å². The zero-order chi connectivity index (χ0) is 15.6. The first-order valence-electron chi connectivity index (χ1n) is 5.54. The van der Waals surface area contributed by atoms with Gasteiger partial charge in [0.2, 0.25) is 10.0 Å². The van der Waals surface area contributed by atoms with Crippen molar-refractivity contribution < 1.29 is 8.42 Å². The second-order valence-corrected chi connectivity index (χ2v) is 7.83. The van der Waals surface area contributed by atoms with Crippen LogP contribution in [0.5, 0.6) is 0 Å². The molecular weight excluding hydrogens is 422 g/mol. The second-order valence-electron chi connectivity index (χ2n) is 4.00. The molecule has 0 aliphatic heterocycles. The first-order chi connectivity index (χ1) is 9.79. The van der Waals surface area contributed by atoms with Crippen LogP contribution in [-0.4, -0.2) is 13.4 Å². The van der Waals surface area contributed by atoms with Crippen LogP contribution in [0.2, 0.25) is 15.2 Å². The number of hydrogen-bond acceptors (Lipinski definition) is 3. The van der Waals surface area contributed by atoms with Gasteiger partial charge in [0.15, 0.2) is 0 Å². The molecule has 1 aromatic heterocycles. The molecule has 0 aliphatic rings. The number of nitrogens with one attached hydrogen (secondary N) is 1. The summed E-state index contributed by atoms with van der Waals surface area (Å²) in [4.78, 5) is 3.79. The van der Waals surface area contributed by atoms with Crippen LogP contribution in [0.4, 0.5) is 0 Å². The summed E-state index contributed by atoms with van der Waals surface area (Å²) < 4.78 is 27.2. The van der Waals surface area contributed by atoms with Crippen LogP contribution in [0.25, 0.3) is 0 Å². The minimum atomic E-state index is -3.72. The Kier molecular flexibility index (Phi) is 5.51. The predicted molar refractivity (Wildman–Crippen MR) is 87.4 cm³/mol. The average Bonchev–Trinajstić information content (AvgIpc) is 2.40. The molecule has 1 N–H and O–H groups in total. The number of hydrogen-bond donors (Lipinski definition) is 1. The summed E-state index contributed by atoms with van der Waals surface area (Å²) in [6.45, 7) is 0.0403. The largest absolute Gasteiger partial charge is 0.242 e. The minimum Gasteiger partial charge on any atom is -0.242 e. The molecule has 0 saturated carbocycles. The summed E-state index contributed by atoms with van der Waals surface area (Å²) in [6, 6.07) is 6.22. The summed E-state index contributed by atoms with van der Waals surface area (Å²) in [7, 11) is -3.72. The van der Waals surface area contributed by atoms with Gasteiger partial charge in [0.1, 0.15) is 10.0 Å². The van der Waals surface area contributed by atoms with E-state index in [1.165, 1.54) is 12.3 Å². The fourth-order valence-electron chi connectivity index (χ4n) is 1.47. The van der Waals surface area contributed by atoms with Crippen molar-refractivity contribution in [3.8, 4) is 0 Å². The lowest BCUT2D eigenvalue weighted by Crippen LogP contribution is -2.23. The number of nitrogens with zero attached hydrogens (tertiary/aromatic N) is 1. The number of benzene rings is 1. The molecule has 2 aromatic rings. The quantitative estimate of drug-likeness (QED) is 0.737. The summed E-state index contributed by atoms with van der Waals surface area (Å²) in [5, 5.41) is 1.06. The molecule has 0 unspecified atom stereocenters. The van der Waals surface area contributed by atoms with Crippen LogP contribution >= 0.6 is 50.7 Å². The zero-order valence-electron chi connectivity index (χ0n) is 10.3.